The number of carbonyl (C=O) groups is 6. The molecule has 0 spiro atoms. The van der Waals surface area contributed by atoms with Gasteiger partial charge in [-0.15, -0.1) is 0 Å². The van der Waals surface area contributed by atoms with Gasteiger partial charge in [0.05, 0.1) is 18.1 Å². The van der Waals surface area contributed by atoms with Crippen LogP contribution >= 0.6 is 0 Å². The van der Waals surface area contributed by atoms with E-state index in [0.717, 1.165) is 19.1 Å². The zero-order valence-electron chi connectivity index (χ0n) is 31.4. The summed E-state index contributed by atoms with van der Waals surface area (Å²) < 4.78 is 8.14. The Morgan fingerprint density at radius 3 is 2.38 bits per heavy atom. The second-order valence-electron chi connectivity index (χ2n) is 15.9. The van der Waals surface area contributed by atoms with E-state index in [-0.39, 0.29) is 25.4 Å². The molecule has 15 heteroatoms. The van der Waals surface area contributed by atoms with E-state index in [4.69, 9.17) is 4.74 Å². The molecule has 2 fully saturated rings. The lowest BCUT2D eigenvalue weighted by Crippen LogP contribution is -2.61. The highest BCUT2D eigenvalue weighted by molar-refractivity contribution is 6.38. The van der Waals surface area contributed by atoms with E-state index in [2.05, 4.69) is 31.3 Å². The number of pyridine rings is 1. The zero-order chi connectivity index (χ0) is 38.7. The van der Waals surface area contributed by atoms with Gasteiger partial charge in [-0.1, -0.05) is 40.2 Å². The van der Waals surface area contributed by atoms with Crippen LogP contribution in [0.5, 0.6) is 5.75 Å². The van der Waals surface area contributed by atoms with Crippen molar-refractivity contribution in [3.63, 3.8) is 0 Å². The SMILES string of the molecule is CCC[C@H](NC(=O)[C@@H]1CC(Oc2cc(-n3cccn3)nc3cc(C=O)ccc23)CN1C(=O)[C@@H](NC(=O)NC(C)(C)C)C(C)(C)C)C(=O)C(=O)NC1CC1. The number of likely N-dealkylation sites (tertiary alicyclic amines) is 1. The molecule has 5 rings (SSSR count). The third-order valence-electron chi connectivity index (χ3n) is 9.02. The fraction of sp³-hybridized carbons (Fsp3) is 0.526. The van der Waals surface area contributed by atoms with Crippen molar-refractivity contribution in [2.45, 2.75) is 116 Å². The lowest BCUT2D eigenvalue weighted by atomic mass is 9.85. The van der Waals surface area contributed by atoms with Crippen LogP contribution in [0.3, 0.4) is 0 Å². The summed E-state index contributed by atoms with van der Waals surface area (Å²) in [5.41, 5.74) is -0.456. The van der Waals surface area contributed by atoms with Crippen molar-refractivity contribution < 1.29 is 33.5 Å². The number of urea groups is 1. The van der Waals surface area contributed by atoms with Gasteiger partial charge in [-0.05, 0) is 63.6 Å². The number of aromatic nitrogens is 3. The molecular weight excluding hydrogens is 680 g/mol. The number of aldehydes is 1. The quantitative estimate of drug-likeness (QED) is 0.151. The van der Waals surface area contributed by atoms with Gasteiger partial charge in [-0.25, -0.2) is 14.5 Å². The summed E-state index contributed by atoms with van der Waals surface area (Å²) in [6, 6.07) is 4.60. The van der Waals surface area contributed by atoms with E-state index in [1.807, 2.05) is 48.5 Å². The van der Waals surface area contributed by atoms with Crippen LogP contribution in [0.1, 0.15) is 90.9 Å². The highest BCUT2D eigenvalue weighted by Crippen LogP contribution is 2.33. The van der Waals surface area contributed by atoms with E-state index < -0.39 is 64.7 Å². The van der Waals surface area contributed by atoms with Crippen molar-refractivity contribution in [3.8, 4) is 11.6 Å². The van der Waals surface area contributed by atoms with Crippen molar-refractivity contribution >= 4 is 46.7 Å². The number of ether oxygens (including phenoxy) is 1. The normalized spacial score (nSPS) is 18.5. The summed E-state index contributed by atoms with van der Waals surface area (Å²) in [6.45, 7) is 12.7. The molecule has 1 saturated carbocycles. The second-order valence-corrected chi connectivity index (χ2v) is 15.9. The number of nitrogens with one attached hydrogen (secondary N) is 4. The van der Waals surface area contributed by atoms with Crippen LogP contribution in [0.2, 0.25) is 0 Å². The molecule has 2 aromatic heterocycles. The number of carbonyl (C=O) groups excluding carboxylic acids is 6. The summed E-state index contributed by atoms with van der Waals surface area (Å²) in [7, 11) is 0. The van der Waals surface area contributed by atoms with Gasteiger partial charge >= 0.3 is 6.03 Å². The minimum absolute atomic E-state index is 0.0338. The van der Waals surface area contributed by atoms with Gasteiger partial charge in [0.25, 0.3) is 5.91 Å². The predicted octanol–water partition coefficient (Wildman–Crippen LogP) is 3.23. The molecule has 0 radical (unpaired) electrons. The van der Waals surface area contributed by atoms with Crippen LogP contribution in [0.25, 0.3) is 16.7 Å². The topological polar surface area (TPSA) is 194 Å². The van der Waals surface area contributed by atoms with Crippen molar-refractivity contribution in [1.29, 1.82) is 0 Å². The Kier molecular flexibility index (Phi) is 11.5. The Morgan fingerprint density at radius 1 is 1.04 bits per heavy atom. The fourth-order valence-corrected chi connectivity index (χ4v) is 6.24. The lowest BCUT2D eigenvalue weighted by molar-refractivity contribution is -0.144. The first-order valence-electron chi connectivity index (χ1n) is 18.1. The summed E-state index contributed by atoms with van der Waals surface area (Å²) in [5.74, 6) is -1.80. The predicted molar refractivity (Wildman–Crippen MR) is 196 cm³/mol. The maximum absolute atomic E-state index is 14.5. The van der Waals surface area contributed by atoms with Crippen LogP contribution in [-0.2, 0) is 19.2 Å². The molecule has 4 N–H and O–H groups in total. The average molecular weight is 731 g/mol. The third kappa shape index (κ3) is 9.76. The van der Waals surface area contributed by atoms with Gasteiger partial charge in [-0.2, -0.15) is 5.10 Å². The number of amides is 5. The number of hydrogen-bond acceptors (Lipinski definition) is 9. The smallest absolute Gasteiger partial charge is 0.315 e. The van der Waals surface area contributed by atoms with E-state index in [0.29, 0.717) is 34.5 Å². The number of benzene rings is 1. The number of ketones is 1. The monoisotopic (exact) mass is 730 g/mol. The van der Waals surface area contributed by atoms with E-state index in [1.165, 1.54) is 4.90 Å². The van der Waals surface area contributed by atoms with Crippen molar-refractivity contribution in [2.24, 2.45) is 5.41 Å². The first-order valence-corrected chi connectivity index (χ1v) is 18.1. The van der Waals surface area contributed by atoms with E-state index >= 15 is 0 Å². The minimum Gasteiger partial charge on any atom is -0.488 e. The molecule has 1 aliphatic carbocycles. The first kappa shape index (κ1) is 38.9. The van der Waals surface area contributed by atoms with E-state index in [1.54, 1.807) is 47.4 Å². The van der Waals surface area contributed by atoms with Crippen LogP contribution in [0.4, 0.5) is 4.79 Å². The van der Waals surface area contributed by atoms with Gasteiger partial charge in [0, 0.05) is 47.4 Å². The Bertz CT molecular complexity index is 1860. The van der Waals surface area contributed by atoms with Crippen LogP contribution in [0.15, 0.2) is 42.7 Å². The van der Waals surface area contributed by atoms with Crippen LogP contribution in [-0.4, -0.2) is 97.8 Å². The maximum atomic E-state index is 14.5. The number of Topliss-reactive ketones (excluding diaryl/α,β-unsaturated/α-hetero) is 1. The summed E-state index contributed by atoms with van der Waals surface area (Å²) in [5, 5.41) is 16.0. The molecule has 1 aromatic carbocycles. The molecule has 3 heterocycles. The van der Waals surface area contributed by atoms with E-state index in [9.17, 15) is 28.8 Å². The summed E-state index contributed by atoms with van der Waals surface area (Å²) >= 11 is 0. The summed E-state index contributed by atoms with van der Waals surface area (Å²) in [6.07, 6.45) is 5.70. The average Bonchev–Trinajstić information content (AvgIpc) is 3.53. The Hall–Kier alpha value is -5.34. The van der Waals surface area contributed by atoms with Crippen molar-refractivity contribution in [3.05, 3.63) is 48.3 Å². The van der Waals surface area contributed by atoms with Gasteiger partial charge in [0.2, 0.25) is 17.6 Å². The number of rotatable bonds is 13. The van der Waals surface area contributed by atoms with Crippen molar-refractivity contribution in [2.75, 3.05) is 6.54 Å². The molecule has 1 saturated heterocycles. The summed E-state index contributed by atoms with van der Waals surface area (Å²) in [4.78, 5) is 85.4. The molecular formula is C38H50N8O7. The largest absolute Gasteiger partial charge is 0.488 e. The zero-order valence-corrected chi connectivity index (χ0v) is 31.4. The maximum Gasteiger partial charge on any atom is 0.315 e. The Balaban J connectivity index is 1.48. The molecule has 2 aliphatic rings. The van der Waals surface area contributed by atoms with Gasteiger partial charge in [-0.3, -0.25) is 24.0 Å². The highest BCUT2D eigenvalue weighted by atomic mass is 16.5. The number of fused-ring (bicyclic) bond motifs is 1. The van der Waals surface area contributed by atoms with Gasteiger partial charge in [0.15, 0.2) is 5.82 Å². The molecule has 1 aliphatic heterocycles. The molecule has 3 aromatic rings. The molecule has 0 bridgehead atoms. The van der Waals surface area contributed by atoms with Gasteiger partial charge in [0.1, 0.15) is 30.2 Å². The minimum atomic E-state index is -1.11. The van der Waals surface area contributed by atoms with Crippen molar-refractivity contribution in [1.82, 2.24) is 40.9 Å². The lowest BCUT2D eigenvalue weighted by Gasteiger charge is -2.36. The fourth-order valence-electron chi connectivity index (χ4n) is 6.24. The number of nitrogens with zero attached hydrogens (tertiary/aromatic N) is 4. The Labute approximate surface area is 309 Å². The Morgan fingerprint density at radius 2 is 1.77 bits per heavy atom. The standard InChI is InChI=1S/C38H50N8O7/c1-8-10-26(31(48)34(50)40-23-12-13-23)42-33(49)28-18-24(20-45(28)35(51)32(37(2,3)4)43-36(52)44-38(5,6)7)53-29-19-30(46-16-9-15-39-46)41-27-17-22(21-47)11-14-25(27)29/h9,11,14-17,19,21,23-24,26,28,32H,8,10,12-13,18,20H2,1-7H3,(H,40,50)(H,42,49)(H2,43,44,52)/t24?,26-,28-,32+/m0/s1. The van der Waals surface area contributed by atoms with Gasteiger partial charge < -0.3 is 30.9 Å². The third-order valence-corrected chi connectivity index (χ3v) is 9.02. The highest BCUT2D eigenvalue weighted by Gasteiger charge is 2.47. The molecule has 5 amide bonds. The first-order chi connectivity index (χ1) is 25.0. The van der Waals surface area contributed by atoms with Crippen LogP contribution in [0, 0.1) is 5.41 Å². The molecule has 1 unspecified atom stereocenters. The molecule has 15 nitrogen and oxygen atoms in total. The number of hydrogen-bond donors (Lipinski definition) is 4. The molecule has 4 atom stereocenters. The van der Waals surface area contributed by atoms with Crippen LogP contribution < -0.4 is 26.0 Å². The molecule has 284 valence electrons. The molecule has 53 heavy (non-hydrogen) atoms. The second kappa shape index (κ2) is 15.7.